The van der Waals surface area contributed by atoms with Gasteiger partial charge in [-0.1, -0.05) is 19.1 Å². The molecule has 0 unspecified atom stereocenters. The van der Waals surface area contributed by atoms with Gasteiger partial charge < -0.3 is 5.73 Å². The summed E-state index contributed by atoms with van der Waals surface area (Å²) in [5, 5.41) is 0. The maximum atomic E-state index is 12.4. The third-order valence-corrected chi connectivity index (χ3v) is 5.84. The van der Waals surface area contributed by atoms with Crippen molar-refractivity contribution < 1.29 is 8.42 Å². The Labute approximate surface area is 121 Å². The van der Waals surface area contributed by atoms with E-state index < -0.39 is 10.0 Å². The van der Waals surface area contributed by atoms with Crippen LogP contribution in [0.5, 0.6) is 0 Å². The van der Waals surface area contributed by atoms with Crippen LogP contribution in [0.4, 0.5) is 0 Å². The molecule has 1 fully saturated rings. The van der Waals surface area contributed by atoms with Crippen molar-refractivity contribution in [1.29, 1.82) is 0 Å². The highest BCUT2D eigenvalue weighted by molar-refractivity contribution is 7.89. The molecule has 0 bridgehead atoms. The standard InChI is InChI=1S/C15H24N2O2S/c1-2-15(10-4-11-15)17-20(18,19)14-8-6-13(7-9-14)5-3-12-16/h6-9,17H,2-5,10-12,16H2,1H3. The Balaban J connectivity index is 2.09. The molecule has 1 aliphatic carbocycles. The molecule has 1 aromatic rings. The van der Waals surface area contributed by atoms with Crippen molar-refractivity contribution in [3.05, 3.63) is 29.8 Å². The van der Waals surface area contributed by atoms with E-state index in [9.17, 15) is 8.42 Å². The van der Waals surface area contributed by atoms with Gasteiger partial charge in [-0.15, -0.1) is 0 Å². The van der Waals surface area contributed by atoms with Crippen LogP contribution in [-0.4, -0.2) is 20.5 Å². The maximum Gasteiger partial charge on any atom is 0.241 e. The first-order valence-electron chi connectivity index (χ1n) is 7.34. The van der Waals surface area contributed by atoms with Gasteiger partial charge in [0, 0.05) is 5.54 Å². The first-order chi connectivity index (χ1) is 9.51. The summed E-state index contributed by atoms with van der Waals surface area (Å²) in [4.78, 5) is 0.355. The van der Waals surface area contributed by atoms with E-state index in [1.165, 1.54) is 0 Å². The molecule has 0 radical (unpaired) electrons. The predicted octanol–water partition coefficient (Wildman–Crippen LogP) is 2.19. The van der Waals surface area contributed by atoms with Gasteiger partial charge in [0.15, 0.2) is 0 Å². The Bertz CT molecular complexity index is 528. The van der Waals surface area contributed by atoms with E-state index in [-0.39, 0.29) is 5.54 Å². The topological polar surface area (TPSA) is 72.2 Å². The minimum atomic E-state index is -3.40. The van der Waals surface area contributed by atoms with Gasteiger partial charge in [0.1, 0.15) is 0 Å². The number of sulfonamides is 1. The van der Waals surface area contributed by atoms with E-state index in [4.69, 9.17) is 5.73 Å². The second kappa shape index (κ2) is 6.24. The molecule has 5 heteroatoms. The predicted molar refractivity (Wildman–Crippen MR) is 81.0 cm³/mol. The molecule has 0 heterocycles. The number of hydrogen-bond donors (Lipinski definition) is 2. The molecule has 112 valence electrons. The number of nitrogens with one attached hydrogen (secondary N) is 1. The summed E-state index contributed by atoms with van der Waals surface area (Å²) >= 11 is 0. The van der Waals surface area contributed by atoms with Crippen LogP contribution in [0, 0.1) is 0 Å². The van der Waals surface area contributed by atoms with Crippen molar-refractivity contribution in [2.75, 3.05) is 6.54 Å². The van der Waals surface area contributed by atoms with Crippen molar-refractivity contribution in [2.24, 2.45) is 5.73 Å². The molecule has 1 aromatic carbocycles. The van der Waals surface area contributed by atoms with Gasteiger partial charge in [0.2, 0.25) is 10.0 Å². The lowest BCUT2D eigenvalue weighted by atomic mass is 9.76. The number of nitrogens with two attached hydrogens (primary N) is 1. The summed E-state index contributed by atoms with van der Waals surface area (Å²) in [5.74, 6) is 0. The smallest absolute Gasteiger partial charge is 0.241 e. The first-order valence-corrected chi connectivity index (χ1v) is 8.83. The van der Waals surface area contributed by atoms with E-state index in [1.54, 1.807) is 12.1 Å². The highest BCUT2D eigenvalue weighted by Gasteiger charge is 2.38. The summed E-state index contributed by atoms with van der Waals surface area (Å²) in [6.45, 7) is 2.69. The Morgan fingerprint density at radius 2 is 1.90 bits per heavy atom. The zero-order valence-corrected chi connectivity index (χ0v) is 12.9. The summed E-state index contributed by atoms with van der Waals surface area (Å²) in [7, 11) is -3.40. The Kier molecular flexibility index (Phi) is 4.83. The average Bonchev–Trinajstić information content (AvgIpc) is 2.41. The third-order valence-electron chi connectivity index (χ3n) is 4.24. The Morgan fingerprint density at radius 3 is 2.35 bits per heavy atom. The van der Waals surface area contributed by atoms with Gasteiger partial charge in [-0.25, -0.2) is 13.1 Å². The lowest BCUT2D eigenvalue weighted by molar-refractivity contribution is 0.214. The van der Waals surface area contributed by atoms with Crippen LogP contribution in [0.2, 0.25) is 0 Å². The Morgan fingerprint density at radius 1 is 1.25 bits per heavy atom. The minimum Gasteiger partial charge on any atom is -0.330 e. The van der Waals surface area contributed by atoms with Crippen LogP contribution in [0.15, 0.2) is 29.2 Å². The normalized spacial score (nSPS) is 17.7. The zero-order chi connectivity index (χ0) is 14.6. The average molecular weight is 296 g/mol. The molecule has 1 aliphatic rings. The second-order valence-electron chi connectivity index (χ2n) is 5.63. The fourth-order valence-corrected chi connectivity index (χ4v) is 4.15. The zero-order valence-electron chi connectivity index (χ0n) is 12.1. The quantitative estimate of drug-likeness (QED) is 0.810. The minimum absolute atomic E-state index is 0.211. The molecule has 0 aromatic heterocycles. The van der Waals surface area contributed by atoms with Crippen LogP contribution >= 0.6 is 0 Å². The molecular weight excluding hydrogens is 272 g/mol. The lowest BCUT2D eigenvalue weighted by Gasteiger charge is -2.41. The summed E-state index contributed by atoms with van der Waals surface area (Å²) < 4.78 is 27.7. The van der Waals surface area contributed by atoms with Crippen LogP contribution < -0.4 is 10.5 Å². The van der Waals surface area contributed by atoms with Gasteiger partial charge in [-0.2, -0.15) is 0 Å². The number of rotatable bonds is 7. The monoisotopic (exact) mass is 296 g/mol. The van der Waals surface area contributed by atoms with Gasteiger partial charge in [0.05, 0.1) is 4.90 Å². The van der Waals surface area contributed by atoms with Crippen molar-refractivity contribution >= 4 is 10.0 Å². The largest absolute Gasteiger partial charge is 0.330 e. The third kappa shape index (κ3) is 3.40. The highest BCUT2D eigenvalue weighted by Crippen LogP contribution is 2.36. The van der Waals surface area contributed by atoms with Crippen molar-refractivity contribution in [3.63, 3.8) is 0 Å². The first kappa shape index (κ1) is 15.5. The fraction of sp³-hybridized carbons (Fsp3) is 0.600. The van der Waals surface area contributed by atoms with E-state index in [0.717, 1.165) is 44.1 Å². The van der Waals surface area contributed by atoms with Gasteiger partial charge in [0.25, 0.3) is 0 Å². The van der Waals surface area contributed by atoms with Crippen molar-refractivity contribution in [2.45, 2.75) is 55.9 Å². The molecule has 0 spiro atoms. The van der Waals surface area contributed by atoms with Crippen LogP contribution in [0.3, 0.4) is 0 Å². The number of benzene rings is 1. The maximum absolute atomic E-state index is 12.4. The molecule has 0 aliphatic heterocycles. The summed E-state index contributed by atoms with van der Waals surface area (Å²) in [6.07, 6.45) is 5.65. The SMILES string of the molecule is CCC1(NS(=O)(=O)c2ccc(CCCN)cc2)CCC1. The molecule has 2 rings (SSSR count). The Hall–Kier alpha value is -0.910. The highest BCUT2D eigenvalue weighted by atomic mass is 32.2. The van der Waals surface area contributed by atoms with E-state index in [0.29, 0.717) is 11.4 Å². The van der Waals surface area contributed by atoms with Gasteiger partial charge >= 0.3 is 0 Å². The van der Waals surface area contributed by atoms with E-state index >= 15 is 0 Å². The van der Waals surface area contributed by atoms with Crippen molar-refractivity contribution in [1.82, 2.24) is 4.72 Å². The van der Waals surface area contributed by atoms with Crippen LogP contribution in [-0.2, 0) is 16.4 Å². The van der Waals surface area contributed by atoms with Crippen molar-refractivity contribution in [3.8, 4) is 0 Å². The van der Waals surface area contributed by atoms with E-state index in [1.807, 2.05) is 19.1 Å². The molecular formula is C15H24N2O2S. The molecule has 1 saturated carbocycles. The lowest BCUT2D eigenvalue weighted by Crippen LogP contribution is -2.52. The summed E-state index contributed by atoms with van der Waals surface area (Å²) in [5.41, 5.74) is 6.39. The van der Waals surface area contributed by atoms with Gasteiger partial charge in [-0.05, 0) is 62.8 Å². The molecule has 4 nitrogen and oxygen atoms in total. The van der Waals surface area contributed by atoms with Crippen LogP contribution in [0.1, 0.15) is 44.6 Å². The molecule has 0 atom stereocenters. The fourth-order valence-electron chi connectivity index (χ4n) is 2.62. The molecule has 0 saturated heterocycles. The van der Waals surface area contributed by atoms with E-state index in [2.05, 4.69) is 4.72 Å². The molecule has 20 heavy (non-hydrogen) atoms. The second-order valence-corrected chi connectivity index (χ2v) is 7.31. The number of aryl methyl sites for hydroxylation is 1. The summed E-state index contributed by atoms with van der Waals surface area (Å²) in [6, 6.07) is 7.14. The number of hydrogen-bond acceptors (Lipinski definition) is 3. The van der Waals surface area contributed by atoms with Gasteiger partial charge in [-0.3, -0.25) is 0 Å². The molecule has 3 N–H and O–H groups in total. The van der Waals surface area contributed by atoms with Crippen LogP contribution in [0.25, 0.3) is 0 Å². The molecule has 0 amide bonds.